The van der Waals surface area contributed by atoms with E-state index in [4.69, 9.17) is 0 Å². The monoisotopic (exact) mass is 412 g/mol. The Labute approximate surface area is 171 Å². The third-order valence-corrected chi connectivity index (χ3v) is 6.90. The SMILES string of the molecule is CN(c1ccccc1)S(=O)(=O)c1cccc(NCC(=O)NC2(C#N)CCCC2)c1. The highest BCUT2D eigenvalue weighted by atomic mass is 32.2. The van der Waals surface area contributed by atoms with E-state index in [0.29, 0.717) is 24.2 Å². The molecule has 3 rings (SSSR count). The maximum absolute atomic E-state index is 12.9. The molecule has 0 atom stereocenters. The molecule has 2 aromatic carbocycles. The number of sulfonamides is 1. The summed E-state index contributed by atoms with van der Waals surface area (Å²) in [6.45, 7) is -0.0402. The minimum atomic E-state index is -3.74. The fourth-order valence-electron chi connectivity index (χ4n) is 3.44. The molecule has 152 valence electrons. The van der Waals surface area contributed by atoms with E-state index >= 15 is 0 Å². The van der Waals surface area contributed by atoms with Gasteiger partial charge >= 0.3 is 0 Å². The zero-order chi connectivity index (χ0) is 20.9. The van der Waals surface area contributed by atoms with Crippen molar-refractivity contribution in [3.8, 4) is 6.07 Å². The lowest BCUT2D eigenvalue weighted by atomic mass is 10.00. The fraction of sp³-hybridized carbons (Fsp3) is 0.333. The highest BCUT2D eigenvalue weighted by Gasteiger charge is 2.35. The summed E-state index contributed by atoms with van der Waals surface area (Å²) in [6.07, 6.45) is 3.18. The van der Waals surface area contributed by atoms with Crippen LogP contribution in [-0.2, 0) is 14.8 Å². The van der Waals surface area contributed by atoms with Gasteiger partial charge in [0.15, 0.2) is 0 Å². The Morgan fingerprint density at radius 2 is 1.83 bits per heavy atom. The number of hydrogen-bond acceptors (Lipinski definition) is 5. The lowest BCUT2D eigenvalue weighted by Gasteiger charge is -2.22. The Morgan fingerprint density at radius 3 is 2.48 bits per heavy atom. The van der Waals surface area contributed by atoms with Crippen molar-refractivity contribution >= 4 is 27.3 Å². The number of benzene rings is 2. The van der Waals surface area contributed by atoms with Crippen LogP contribution < -0.4 is 14.9 Å². The van der Waals surface area contributed by atoms with Gasteiger partial charge in [0.05, 0.1) is 23.2 Å². The Balaban J connectivity index is 1.68. The van der Waals surface area contributed by atoms with Crippen molar-refractivity contribution in [3.05, 3.63) is 54.6 Å². The first-order valence-corrected chi connectivity index (χ1v) is 10.9. The van der Waals surface area contributed by atoms with Crippen molar-refractivity contribution in [3.63, 3.8) is 0 Å². The quantitative estimate of drug-likeness (QED) is 0.728. The topological polar surface area (TPSA) is 102 Å². The summed E-state index contributed by atoms with van der Waals surface area (Å²) in [6, 6.07) is 17.4. The molecule has 0 unspecified atom stereocenters. The van der Waals surface area contributed by atoms with Gasteiger partial charge in [0.1, 0.15) is 5.54 Å². The number of nitriles is 1. The van der Waals surface area contributed by atoms with Gasteiger partial charge in [0.25, 0.3) is 10.0 Å². The molecule has 0 saturated heterocycles. The molecule has 29 heavy (non-hydrogen) atoms. The van der Waals surface area contributed by atoms with Crippen LogP contribution in [0.2, 0.25) is 0 Å². The minimum absolute atomic E-state index is 0.0402. The molecule has 1 fully saturated rings. The second-order valence-corrected chi connectivity index (χ2v) is 9.11. The fourth-order valence-corrected chi connectivity index (χ4v) is 4.68. The van der Waals surface area contributed by atoms with E-state index < -0.39 is 15.6 Å². The van der Waals surface area contributed by atoms with Crippen LogP contribution >= 0.6 is 0 Å². The molecule has 7 nitrogen and oxygen atoms in total. The molecule has 8 heteroatoms. The van der Waals surface area contributed by atoms with Gasteiger partial charge in [-0.15, -0.1) is 0 Å². The number of nitrogens with zero attached hydrogens (tertiary/aromatic N) is 2. The first-order valence-electron chi connectivity index (χ1n) is 9.46. The van der Waals surface area contributed by atoms with E-state index in [1.165, 1.54) is 23.5 Å². The van der Waals surface area contributed by atoms with Crippen molar-refractivity contribution in [2.45, 2.75) is 36.1 Å². The van der Waals surface area contributed by atoms with Gasteiger partial charge in [-0.1, -0.05) is 24.3 Å². The van der Waals surface area contributed by atoms with E-state index in [2.05, 4.69) is 16.7 Å². The number of para-hydroxylation sites is 1. The number of hydrogen-bond donors (Lipinski definition) is 2. The summed E-state index contributed by atoms with van der Waals surface area (Å²) in [7, 11) is -2.23. The Morgan fingerprint density at radius 1 is 1.14 bits per heavy atom. The zero-order valence-corrected chi connectivity index (χ0v) is 17.1. The number of rotatable bonds is 7. The highest BCUT2D eigenvalue weighted by molar-refractivity contribution is 7.92. The van der Waals surface area contributed by atoms with Gasteiger partial charge in [-0.3, -0.25) is 9.10 Å². The van der Waals surface area contributed by atoms with Crippen molar-refractivity contribution in [1.29, 1.82) is 5.26 Å². The molecule has 1 aliphatic rings. The molecular weight excluding hydrogens is 388 g/mol. The van der Waals surface area contributed by atoms with Crippen molar-refractivity contribution < 1.29 is 13.2 Å². The summed E-state index contributed by atoms with van der Waals surface area (Å²) < 4.78 is 27.1. The van der Waals surface area contributed by atoms with Gasteiger partial charge in [-0.25, -0.2) is 8.42 Å². The molecule has 0 spiro atoms. The van der Waals surface area contributed by atoms with Crippen molar-refractivity contribution in [2.24, 2.45) is 0 Å². The summed E-state index contributed by atoms with van der Waals surface area (Å²) >= 11 is 0. The number of nitrogens with one attached hydrogen (secondary N) is 2. The molecule has 1 amide bonds. The highest BCUT2D eigenvalue weighted by Crippen LogP contribution is 2.29. The summed E-state index contributed by atoms with van der Waals surface area (Å²) in [5.41, 5.74) is 0.297. The second kappa shape index (κ2) is 8.53. The average molecular weight is 413 g/mol. The zero-order valence-electron chi connectivity index (χ0n) is 16.3. The predicted octanol–water partition coefficient (Wildman–Crippen LogP) is 2.88. The summed E-state index contributed by atoms with van der Waals surface area (Å²) in [5, 5.41) is 15.1. The molecule has 0 aromatic heterocycles. The van der Waals surface area contributed by atoms with Crippen LogP contribution in [0.3, 0.4) is 0 Å². The van der Waals surface area contributed by atoms with Crippen LogP contribution in [0.4, 0.5) is 11.4 Å². The molecule has 0 aliphatic heterocycles. The van der Waals surface area contributed by atoms with Crippen LogP contribution in [0.25, 0.3) is 0 Å². The normalized spacial score (nSPS) is 15.3. The van der Waals surface area contributed by atoms with Gasteiger partial charge in [-0.2, -0.15) is 5.26 Å². The predicted molar refractivity (Wildman–Crippen MR) is 112 cm³/mol. The van der Waals surface area contributed by atoms with Crippen molar-refractivity contribution in [1.82, 2.24) is 5.32 Å². The first-order chi connectivity index (χ1) is 13.9. The van der Waals surface area contributed by atoms with Gasteiger partial charge in [0, 0.05) is 12.7 Å². The van der Waals surface area contributed by atoms with Gasteiger partial charge in [-0.05, 0) is 56.0 Å². The minimum Gasteiger partial charge on any atom is -0.376 e. The molecule has 0 bridgehead atoms. The second-order valence-electron chi connectivity index (χ2n) is 7.14. The van der Waals surface area contributed by atoms with Crippen LogP contribution in [0.15, 0.2) is 59.5 Å². The Bertz CT molecular complexity index is 1010. The van der Waals surface area contributed by atoms with Gasteiger partial charge in [0.2, 0.25) is 5.91 Å². The molecule has 2 aromatic rings. The van der Waals surface area contributed by atoms with E-state index in [1.54, 1.807) is 36.4 Å². The maximum atomic E-state index is 12.9. The molecule has 0 radical (unpaired) electrons. The average Bonchev–Trinajstić information content (AvgIpc) is 3.21. The Kier molecular flexibility index (Phi) is 6.09. The molecule has 1 saturated carbocycles. The van der Waals surface area contributed by atoms with E-state index in [-0.39, 0.29) is 17.3 Å². The van der Waals surface area contributed by atoms with Crippen LogP contribution in [0.1, 0.15) is 25.7 Å². The van der Waals surface area contributed by atoms with Crippen molar-refractivity contribution in [2.75, 3.05) is 23.2 Å². The first kappa shape index (κ1) is 20.7. The Hall–Kier alpha value is -3.05. The van der Waals surface area contributed by atoms with Crippen LogP contribution in [0.5, 0.6) is 0 Å². The molecule has 0 heterocycles. The van der Waals surface area contributed by atoms with E-state index in [1.807, 2.05) is 6.07 Å². The van der Waals surface area contributed by atoms with Crippen LogP contribution in [0, 0.1) is 11.3 Å². The van der Waals surface area contributed by atoms with Gasteiger partial charge < -0.3 is 10.6 Å². The number of amides is 1. The standard InChI is InChI=1S/C21H24N4O3S/c1-25(18-9-3-2-4-10-18)29(27,28)19-11-7-8-17(14-19)23-15-20(26)24-21(16-22)12-5-6-13-21/h2-4,7-11,14,23H,5-6,12-13,15H2,1H3,(H,24,26). The largest absolute Gasteiger partial charge is 0.376 e. The smallest absolute Gasteiger partial charge is 0.264 e. The molecule has 2 N–H and O–H groups in total. The summed E-state index contributed by atoms with van der Waals surface area (Å²) in [5.74, 6) is -0.289. The van der Waals surface area contributed by atoms with E-state index in [0.717, 1.165) is 12.8 Å². The van der Waals surface area contributed by atoms with E-state index in [9.17, 15) is 18.5 Å². The molecule has 1 aliphatic carbocycles. The summed E-state index contributed by atoms with van der Waals surface area (Å²) in [4.78, 5) is 12.4. The lowest BCUT2D eigenvalue weighted by molar-refractivity contribution is -0.120. The number of anilines is 2. The number of carbonyl (C=O) groups is 1. The molecular formula is C21H24N4O3S. The lowest BCUT2D eigenvalue weighted by Crippen LogP contribution is -2.47. The maximum Gasteiger partial charge on any atom is 0.264 e. The van der Waals surface area contributed by atoms with Crippen LogP contribution in [-0.4, -0.2) is 33.5 Å². The number of carbonyl (C=O) groups excluding carboxylic acids is 1. The third kappa shape index (κ3) is 4.69. The third-order valence-electron chi connectivity index (χ3n) is 5.12.